The molecule has 2 heterocycles. The van der Waals surface area contributed by atoms with E-state index in [1.165, 1.54) is 11.1 Å². The summed E-state index contributed by atoms with van der Waals surface area (Å²) >= 11 is 6.72. The number of halogens is 1. The molecular formula is C20H24ClNO5S. The van der Waals surface area contributed by atoms with E-state index >= 15 is 0 Å². The summed E-state index contributed by atoms with van der Waals surface area (Å²) in [7, 11) is 0.0260. The summed E-state index contributed by atoms with van der Waals surface area (Å²) in [6.45, 7) is 2.83. The van der Waals surface area contributed by atoms with Crippen molar-refractivity contribution in [3.63, 3.8) is 0 Å². The topological polar surface area (TPSA) is 65.1 Å². The molecule has 152 valence electrons. The van der Waals surface area contributed by atoms with Crippen molar-refractivity contribution in [2.75, 3.05) is 27.0 Å². The Morgan fingerprint density at radius 2 is 2.11 bits per heavy atom. The summed E-state index contributed by atoms with van der Waals surface area (Å²) in [6.07, 6.45) is 3.92. The van der Waals surface area contributed by atoms with E-state index in [1.54, 1.807) is 7.11 Å². The minimum atomic E-state index is -3.72. The molecular weight excluding hydrogens is 402 g/mol. The van der Waals surface area contributed by atoms with Gasteiger partial charge in [-0.05, 0) is 50.6 Å². The van der Waals surface area contributed by atoms with E-state index in [0.29, 0.717) is 11.5 Å². The smallest absolute Gasteiger partial charge is 0.264 e. The number of likely N-dealkylation sites (N-methyl/N-ethyl adjacent to an activating group) is 1. The summed E-state index contributed by atoms with van der Waals surface area (Å²) < 4.78 is 41.9. The lowest BCUT2D eigenvalue weighted by atomic mass is 9.51. The molecule has 1 fully saturated rings. The fourth-order valence-corrected chi connectivity index (χ4v) is 7.11. The first-order chi connectivity index (χ1) is 13.1. The molecule has 5 atom stereocenters. The first-order valence-corrected chi connectivity index (χ1v) is 11.7. The molecule has 0 unspecified atom stereocenters. The van der Waals surface area contributed by atoms with Crippen LogP contribution in [0.25, 0.3) is 0 Å². The number of rotatable bonds is 3. The third-order valence-corrected chi connectivity index (χ3v) is 8.01. The first kappa shape index (κ1) is 18.7. The van der Waals surface area contributed by atoms with Crippen molar-refractivity contribution in [2.24, 2.45) is 0 Å². The van der Waals surface area contributed by atoms with Gasteiger partial charge in [0.05, 0.1) is 24.2 Å². The Morgan fingerprint density at radius 3 is 2.79 bits per heavy atom. The van der Waals surface area contributed by atoms with Crippen molar-refractivity contribution >= 4 is 21.7 Å². The average molecular weight is 426 g/mol. The highest BCUT2D eigenvalue weighted by molar-refractivity contribution is 7.86. The zero-order chi connectivity index (χ0) is 20.1. The van der Waals surface area contributed by atoms with Gasteiger partial charge in [-0.15, -0.1) is 11.6 Å². The molecule has 1 aromatic carbocycles. The van der Waals surface area contributed by atoms with Gasteiger partial charge in [0.25, 0.3) is 10.1 Å². The van der Waals surface area contributed by atoms with E-state index in [4.69, 9.17) is 25.3 Å². The maximum Gasteiger partial charge on any atom is 0.264 e. The Balaban J connectivity index is 1.83. The fraction of sp³-hybridized carbons (Fsp3) is 0.600. The van der Waals surface area contributed by atoms with Crippen molar-refractivity contribution in [2.45, 2.75) is 48.3 Å². The third kappa shape index (κ3) is 2.13. The van der Waals surface area contributed by atoms with Gasteiger partial charge < -0.3 is 9.47 Å². The van der Waals surface area contributed by atoms with Crippen LogP contribution in [0.2, 0.25) is 0 Å². The van der Waals surface area contributed by atoms with Crippen LogP contribution in [0, 0.1) is 0 Å². The number of hydrogen-bond acceptors (Lipinski definition) is 6. The van der Waals surface area contributed by atoms with Crippen LogP contribution < -0.4 is 9.47 Å². The lowest BCUT2D eigenvalue weighted by molar-refractivity contribution is -0.0719. The van der Waals surface area contributed by atoms with Crippen LogP contribution in [0.5, 0.6) is 11.5 Å². The monoisotopic (exact) mass is 425 g/mol. The Bertz CT molecular complexity index is 1010. The van der Waals surface area contributed by atoms with Crippen molar-refractivity contribution in [3.8, 4) is 11.5 Å². The number of benzene rings is 1. The average Bonchev–Trinajstić information content (AvgIpc) is 2.88. The largest absolute Gasteiger partial charge is 0.493 e. The molecule has 1 spiro atoms. The van der Waals surface area contributed by atoms with Gasteiger partial charge in [-0.2, -0.15) is 8.42 Å². The van der Waals surface area contributed by atoms with Gasteiger partial charge in [-0.3, -0.25) is 9.08 Å². The number of hydrogen-bond donors (Lipinski definition) is 0. The summed E-state index contributed by atoms with van der Waals surface area (Å²) in [5, 5.41) is -0.612. The van der Waals surface area contributed by atoms with Crippen molar-refractivity contribution in [1.82, 2.24) is 4.90 Å². The molecule has 1 aromatic rings. The molecule has 8 heteroatoms. The predicted octanol–water partition coefficient (Wildman–Crippen LogP) is 2.24. The SMILES string of the molecule is COc1ccc2c3c1O[C@]1(C)[C@H](OS(C)(=O)=O)[C@@H](Cl)C=C4[C@@H](C2)N(C)CC[C@]431. The molecule has 1 saturated heterocycles. The van der Waals surface area contributed by atoms with Gasteiger partial charge in [-0.25, -0.2) is 0 Å². The Kier molecular flexibility index (Phi) is 3.78. The van der Waals surface area contributed by atoms with E-state index in [1.807, 2.05) is 19.1 Å². The van der Waals surface area contributed by atoms with E-state index in [-0.39, 0.29) is 6.04 Å². The van der Waals surface area contributed by atoms with E-state index in [0.717, 1.165) is 31.2 Å². The second-order valence-corrected chi connectivity index (χ2v) is 10.6. The molecule has 0 radical (unpaired) electrons. The molecule has 0 amide bonds. The highest BCUT2D eigenvalue weighted by atomic mass is 35.5. The van der Waals surface area contributed by atoms with Gasteiger partial charge in [0.2, 0.25) is 0 Å². The quantitative estimate of drug-likeness (QED) is 0.420. The number of likely N-dealkylation sites (tertiary alicyclic amines) is 1. The number of piperidine rings is 1. The Labute approximate surface area is 170 Å². The number of nitrogens with zero attached hydrogens (tertiary/aromatic N) is 1. The maximum absolute atomic E-state index is 12.1. The van der Waals surface area contributed by atoms with Crippen LogP contribution in [-0.2, 0) is 26.1 Å². The zero-order valence-corrected chi connectivity index (χ0v) is 17.9. The van der Waals surface area contributed by atoms with Crippen LogP contribution in [-0.4, -0.2) is 63.4 Å². The second-order valence-electron chi connectivity index (χ2n) is 8.48. The van der Waals surface area contributed by atoms with E-state index in [9.17, 15) is 8.42 Å². The van der Waals surface area contributed by atoms with Crippen molar-refractivity contribution < 1.29 is 22.1 Å². The van der Waals surface area contributed by atoms with Gasteiger partial charge in [0.1, 0.15) is 11.7 Å². The maximum atomic E-state index is 12.1. The van der Waals surface area contributed by atoms with E-state index in [2.05, 4.69) is 18.0 Å². The van der Waals surface area contributed by atoms with Crippen LogP contribution >= 0.6 is 11.6 Å². The van der Waals surface area contributed by atoms with Gasteiger partial charge in [-0.1, -0.05) is 12.1 Å². The molecule has 5 rings (SSSR count). The molecule has 2 bridgehead atoms. The lowest BCUT2D eigenvalue weighted by Crippen LogP contribution is -2.69. The van der Waals surface area contributed by atoms with Gasteiger partial charge in [0, 0.05) is 11.6 Å². The predicted molar refractivity (Wildman–Crippen MR) is 106 cm³/mol. The minimum absolute atomic E-state index is 0.212. The lowest BCUT2D eigenvalue weighted by Gasteiger charge is -2.59. The fourth-order valence-electron chi connectivity index (χ4n) is 5.95. The molecule has 6 nitrogen and oxygen atoms in total. The molecule has 2 aliphatic heterocycles. The zero-order valence-electron chi connectivity index (χ0n) is 16.4. The van der Waals surface area contributed by atoms with Gasteiger partial charge >= 0.3 is 0 Å². The highest BCUT2D eigenvalue weighted by Crippen LogP contribution is 2.67. The molecule has 0 aromatic heterocycles. The van der Waals surface area contributed by atoms with Gasteiger partial charge in [0.15, 0.2) is 11.5 Å². The van der Waals surface area contributed by atoms with Crippen LogP contribution in [0.15, 0.2) is 23.8 Å². The minimum Gasteiger partial charge on any atom is -0.493 e. The molecule has 28 heavy (non-hydrogen) atoms. The normalized spacial score (nSPS) is 38.5. The van der Waals surface area contributed by atoms with Crippen molar-refractivity contribution in [3.05, 3.63) is 34.9 Å². The summed E-state index contributed by atoms with van der Waals surface area (Å²) in [5.74, 6) is 1.36. The Hall–Kier alpha value is -1.28. The molecule has 2 aliphatic carbocycles. The number of alkyl halides is 1. The summed E-state index contributed by atoms with van der Waals surface area (Å²) in [4.78, 5) is 2.35. The third-order valence-electron chi connectivity index (χ3n) is 7.10. The summed E-state index contributed by atoms with van der Waals surface area (Å²) in [5.41, 5.74) is 2.15. The van der Waals surface area contributed by atoms with Crippen LogP contribution in [0.1, 0.15) is 24.5 Å². The summed E-state index contributed by atoms with van der Waals surface area (Å²) in [6, 6.07) is 4.25. The van der Waals surface area contributed by atoms with E-state index < -0.39 is 32.6 Å². The second kappa shape index (κ2) is 5.65. The number of methoxy groups -OCH3 is 1. The standard InChI is InChI=1S/C20H24ClNO5S/c1-19-18(27-28(4,23)24)13(21)10-12-14-9-11-5-6-15(25-3)17(26-19)16(11)20(12,19)7-8-22(14)2/h5-6,10,13-14,18H,7-9H2,1-4H3/t13-,14+,18+,19+,20-/m0/s1. The molecule has 4 aliphatic rings. The van der Waals surface area contributed by atoms with Crippen LogP contribution in [0.4, 0.5) is 0 Å². The molecule has 0 N–H and O–H groups in total. The molecule has 0 saturated carbocycles. The van der Waals surface area contributed by atoms with Crippen molar-refractivity contribution in [1.29, 1.82) is 0 Å². The first-order valence-electron chi connectivity index (χ1n) is 9.46. The number of ether oxygens (including phenoxy) is 2. The van der Waals surface area contributed by atoms with Crippen LogP contribution in [0.3, 0.4) is 0 Å². The highest BCUT2D eigenvalue weighted by Gasteiger charge is 2.71. The Morgan fingerprint density at radius 1 is 1.36 bits per heavy atom.